The number of ketones is 1. The van der Waals surface area contributed by atoms with Crippen LogP contribution in [0.2, 0.25) is 0 Å². The van der Waals surface area contributed by atoms with Crippen LogP contribution >= 0.6 is 0 Å². The van der Waals surface area contributed by atoms with E-state index in [1.54, 1.807) is 14.0 Å². The number of likely N-dealkylation sites (N-methyl/N-ethyl adjacent to an activating group) is 1. The Bertz CT molecular complexity index is 129. The lowest BCUT2D eigenvalue weighted by atomic mass is 10.3. The molecule has 0 amide bonds. The summed E-state index contributed by atoms with van der Waals surface area (Å²) < 4.78 is 4.57. The molecule has 1 N–H and O–H groups in total. The summed E-state index contributed by atoms with van der Waals surface area (Å²) in [5.41, 5.74) is 0. The van der Waals surface area contributed by atoms with E-state index in [4.69, 9.17) is 0 Å². The molecule has 0 spiro atoms. The van der Waals surface area contributed by atoms with Gasteiger partial charge < -0.3 is 10.1 Å². The molecular weight excluding hydrogens is 146 g/mol. The second-order valence-corrected chi connectivity index (χ2v) is 2.05. The van der Waals surface area contributed by atoms with Gasteiger partial charge in [0.15, 0.2) is 5.78 Å². The van der Waals surface area contributed by atoms with Gasteiger partial charge in [0.25, 0.3) is 0 Å². The number of carbonyl (C=O) groups is 2. The Kier molecular flexibility index (Phi) is 5.37. The van der Waals surface area contributed by atoms with Gasteiger partial charge in [-0.25, -0.2) is 0 Å². The zero-order valence-corrected chi connectivity index (χ0v) is 6.85. The first-order chi connectivity index (χ1) is 5.20. The van der Waals surface area contributed by atoms with Crippen molar-refractivity contribution in [3.8, 4) is 0 Å². The Labute approximate surface area is 65.9 Å². The van der Waals surface area contributed by atoms with Crippen LogP contribution in [0.15, 0.2) is 0 Å². The van der Waals surface area contributed by atoms with E-state index in [2.05, 4.69) is 10.1 Å². The molecular formula is C7H13NO3. The van der Waals surface area contributed by atoms with Gasteiger partial charge in [0.1, 0.15) is 6.42 Å². The van der Waals surface area contributed by atoms with E-state index < -0.39 is 5.97 Å². The number of Topliss-reactive ketones (excluding diaryl/α,β-unsaturated/α-hetero) is 1. The van der Waals surface area contributed by atoms with Crippen LogP contribution in [-0.2, 0) is 14.3 Å². The largest absolute Gasteiger partial charge is 0.466 e. The van der Waals surface area contributed by atoms with Crippen molar-refractivity contribution < 1.29 is 14.3 Å². The van der Waals surface area contributed by atoms with Crippen LogP contribution in [0.25, 0.3) is 0 Å². The van der Waals surface area contributed by atoms with E-state index in [-0.39, 0.29) is 18.7 Å². The summed E-state index contributed by atoms with van der Waals surface area (Å²) in [5, 5.41) is 2.66. The molecule has 0 aromatic heterocycles. The molecule has 0 rings (SSSR count). The summed E-state index contributed by atoms with van der Waals surface area (Å²) in [6.07, 6.45) is -0.130. The van der Waals surface area contributed by atoms with Gasteiger partial charge in [0.05, 0.1) is 13.2 Å². The van der Waals surface area contributed by atoms with Crippen LogP contribution in [-0.4, -0.2) is 32.0 Å². The molecule has 0 heterocycles. The minimum atomic E-state index is -0.451. The van der Waals surface area contributed by atoms with Crippen LogP contribution in [0.5, 0.6) is 0 Å². The number of hydrogen-bond donors (Lipinski definition) is 1. The molecule has 0 saturated carbocycles. The fraction of sp³-hybridized carbons (Fsp3) is 0.714. The lowest BCUT2D eigenvalue weighted by molar-refractivity contribution is -0.145. The third-order valence-electron chi connectivity index (χ3n) is 1.02. The van der Waals surface area contributed by atoms with Gasteiger partial charge in [-0.3, -0.25) is 9.59 Å². The summed E-state index contributed by atoms with van der Waals surface area (Å²) >= 11 is 0. The van der Waals surface area contributed by atoms with Crippen molar-refractivity contribution >= 4 is 11.8 Å². The fourth-order valence-electron chi connectivity index (χ4n) is 0.633. The molecule has 0 aliphatic heterocycles. The van der Waals surface area contributed by atoms with Gasteiger partial charge in [0.2, 0.25) is 0 Å². The SMILES string of the molecule is CCOC(=O)CC(=O)CNC. The molecule has 0 bridgehead atoms. The van der Waals surface area contributed by atoms with Gasteiger partial charge in [-0.15, -0.1) is 0 Å². The molecule has 0 unspecified atom stereocenters. The van der Waals surface area contributed by atoms with Gasteiger partial charge in [0, 0.05) is 0 Å². The first-order valence-electron chi connectivity index (χ1n) is 3.52. The molecule has 0 aliphatic rings. The van der Waals surface area contributed by atoms with E-state index in [9.17, 15) is 9.59 Å². The Morgan fingerprint density at radius 1 is 1.45 bits per heavy atom. The van der Waals surface area contributed by atoms with Crippen molar-refractivity contribution in [1.29, 1.82) is 0 Å². The molecule has 0 aromatic rings. The summed E-state index contributed by atoms with van der Waals surface area (Å²) in [6.45, 7) is 2.25. The molecule has 4 heteroatoms. The molecule has 0 aromatic carbocycles. The van der Waals surface area contributed by atoms with Crippen LogP contribution in [0, 0.1) is 0 Å². The third kappa shape index (κ3) is 5.54. The highest BCUT2D eigenvalue weighted by molar-refractivity contribution is 5.96. The molecule has 64 valence electrons. The zero-order chi connectivity index (χ0) is 8.69. The molecule has 0 saturated heterocycles. The first kappa shape index (κ1) is 10.1. The van der Waals surface area contributed by atoms with E-state index in [0.717, 1.165) is 0 Å². The van der Waals surface area contributed by atoms with Crippen LogP contribution in [0.4, 0.5) is 0 Å². The lowest BCUT2D eigenvalue weighted by Crippen LogP contribution is -2.21. The normalized spacial score (nSPS) is 9.27. The van der Waals surface area contributed by atoms with Gasteiger partial charge in [-0.05, 0) is 14.0 Å². The van der Waals surface area contributed by atoms with E-state index in [0.29, 0.717) is 6.61 Å². The predicted octanol–water partition coefficient (Wildman–Crippen LogP) is -0.272. The monoisotopic (exact) mass is 159 g/mol. The molecule has 4 nitrogen and oxygen atoms in total. The summed E-state index contributed by atoms with van der Waals surface area (Å²) in [4.78, 5) is 21.4. The molecule has 11 heavy (non-hydrogen) atoms. The number of hydrogen-bond acceptors (Lipinski definition) is 4. The zero-order valence-electron chi connectivity index (χ0n) is 6.85. The Balaban J connectivity index is 3.49. The van der Waals surface area contributed by atoms with Crippen molar-refractivity contribution in [3.05, 3.63) is 0 Å². The highest BCUT2D eigenvalue weighted by atomic mass is 16.5. The van der Waals surface area contributed by atoms with E-state index in [1.165, 1.54) is 0 Å². The standard InChI is InChI=1S/C7H13NO3/c1-3-11-7(10)4-6(9)5-8-2/h8H,3-5H2,1-2H3. The van der Waals surface area contributed by atoms with Crippen LogP contribution < -0.4 is 5.32 Å². The maximum atomic E-state index is 10.8. The third-order valence-corrected chi connectivity index (χ3v) is 1.02. The Morgan fingerprint density at radius 2 is 2.09 bits per heavy atom. The highest BCUT2D eigenvalue weighted by Crippen LogP contribution is 1.86. The average molecular weight is 159 g/mol. The van der Waals surface area contributed by atoms with Crippen LogP contribution in [0.1, 0.15) is 13.3 Å². The molecule has 0 fully saturated rings. The Morgan fingerprint density at radius 3 is 2.55 bits per heavy atom. The topological polar surface area (TPSA) is 55.4 Å². The van der Waals surface area contributed by atoms with Crippen molar-refractivity contribution in [2.75, 3.05) is 20.2 Å². The number of ether oxygens (including phenoxy) is 1. The predicted molar refractivity (Wildman–Crippen MR) is 40.2 cm³/mol. The average Bonchev–Trinajstić information content (AvgIpc) is 1.87. The highest BCUT2D eigenvalue weighted by Gasteiger charge is 2.07. The van der Waals surface area contributed by atoms with E-state index >= 15 is 0 Å². The van der Waals surface area contributed by atoms with Gasteiger partial charge in [-0.2, -0.15) is 0 Å². The summed E-state index contributed by atoms with van der Waals surface area (Å²) in [5.74, 6) is -0.598. The van der Waals surface area contributed by atoms with Crippen molar-refractivity contribution in [3.63, 3.8) is 0 Å². The molecule has 0 atom stereocenters. The van der Waals surface area contributed by atoms with Crippen molar-refractivity contribution in [1.82, 2.24) is 5.32 Å². The maximum Gasteiger partial charge on any atom is 0.313 e. The van der Waals surface area contributed by atoms with Crippen LogP contribution in [0.3, 0.4) is 0 Å². The van der Waals surface area contributed by atoms with E-state index in [1.807, 2.05) is 0 Å². The number of nitrogens with one attached hydrogen (secondary N) is 1. The summed E-state index contributed by atoms with van der Waals surface area (Å²) in [6, 6.07) is 0. The quantitative estimate of drug-likeness (QED) is 0.443. The smallest absolute Gasteiger partial charge is 0.313 e. The minimum absolute atomic E-state index is 0.130. The summed E-state index contributed by atoms with van der Waals surface area (Å²) in [7, 11) is 1.66. The maximum absolute atomic E-state index is 10.8. The number of rotatable bonds is 5. The van der Waals surface area contributed by atoms with Gasteiger partial charge in [-0.1, -0.05) is 0 Å². The first-order valence-corrected chi connectivity index (χ1v) is 3.52. The van der Waals surface area contributed by atoms with Crippen molar-refractivity contribution in [2.24, 2.45) is 0 Å². The molecule has 0 radical (unpaired) electrons. The molecule has 0 aliphatic carbocycles. The minimum Gasteiger partial charge on any atom is -0.466 e. The Hall–Kier alpha value is -0.900. The van der Waals surface area contributed by atoms with Crippen molar-refractivity contribution in [2.45, 2.75) is 13.3 Å². The lowest BCUT2D eigenvalue weighted by Gasteiger charge is -1.99. The second kappa shape index (κ2) is 5.85. The number of carbonyl (C=O) groups excluding carboxylic acids is 2. The fourth-order valence-corrected chi connectivity index (χ4v) is 0.633. The van der Waals surface area contributed by atoms with Gasteiger partial charge >= 0.3 is 5.97 Å². The number of esters is 1. The second-order valence-electron chi connectivity index (χ2n) is 2.05.